The van der Waals surface area contributed by atoms with Gasteiger partial charge < -0.3 is 15.3 Å². The molecular formula is C15H28O3. The lowest BCUT2D eigenvalue weighted by atomic mass is 9.52. The van der Waals surface area contributed by atoms with Gasteiger partial charge >= 0.3 is 0 Å². The molecule has 3 N–H and O–H groups in total. The molecule has 2 fully saturated rings. The van der Waals surface area contributed by atoms with Crippen molar-refractivity contribution in [2.24, 2.45) is 17.3 Å². The second-order valence-corrected chi connectivity index (χ2v) is 7.75. The quantitative estimate of drug-likeness (QED) is 0.673. The molecule has 0 spiro atoms. The van der Waals surface area contributed by atoms with Gasteiger partial charge in [0.15, 0.2) is 0 Å². The fraction of sp³-hybridized carbons (Fsp3) is 1.00. The maximum absolute atomic E-state index is 10.6. The average molecular weight is 256 g/mol. The van der Waals surface area contributed by atoms with E-state index in [1.807, 2.05) is 20.8 Å². The van der Waals surface area contributed by atoms with E-state index in [2.05, 4.69) is 6.92 Å². The Kier molecular flexibility index (Phi) is 3.33. The molecule has 0 amide bonds. The van der Waals surface area contributed by atoms with Gasteiger partial charge in [0.1, 0.15) is 0 Å². The van der Waals surface area contributed by atoms with Gasteiger partial charge in [-0.2, -0.15) is 0 Å². The summed E-state index contributed by atoms with van der Waals surface area (Å²) in [6.07, 6.45) is 3.69. The molecule has 3 nitrogen and oxygen atoms in total. The van der Waals surface area contributed by atoms with Gasteiger partial charge in [-0.25, -0.2) is 0 Å². The first-order valence-electron chi connectivity index (χ1n) is 7.17. The fourth-order valence-corrected chi connectivity index (χ4v) is 4.49. The van der Waals surface area contributed by atoms with Gasteiger partial charge in [-0.15, -0.1) is 0 Å². The summed E-state index contributed by atoms with van der Waals surface area (Å²) in [5.41, 5.74) is -1.47. The third-order valence-electron chi connectivity index (χ3n) is 5.53. The second-order valence-electron chi connectivity index (χ2n) is 7.75. The molecule has 0 aliphatic heterocycles. The third kappa shape index (κ3) is 2.45. The Labute approximate surface area is 110 Å². The number of fused-ring (bicyclic) bond motifs is 1. The maximum Gasteiger partial charge on any atom is 0.0677 e. The Morgan fingerprint density at radius 2 is 1.78 bits per heavy atom. The van der Waals surface area contributed by atoms with Crippen LogP contribution in [-0.4, -0.2) is 32.6 Å². The third-order valence-corrected chi connectivity index (χ3v) is 5.53. The predicted octanol–water partition coefficient (Wildman–Crippen LogP) is 2.09. The van der Waals surface area contributed by atoms with Gasteiger partial charge in [0.2, 0.25) is 0 Å². The molecule has 106 valence electrons. The largest absolute Gasteiger partial charge is 0.393 e. The van der Waals surface area contributed by atoms with Crippen molar-refractivity contribution in [1.82, 2.24) is 0 Å². The summed E-state index contributed by atoms with van der Waals surface area (Å²) >= 11 is 0. The minimum atomic E-state index is -0.809. The Balaban J connectivity index is 2.23. The van der Waals surface area contributed by atoms with Crippen molar-refractivity contribution in [3.63, 3.8) is 0 Å². The summed E-state index contributed by atoms with van der Waals surface area (Å²) < 4.78 is 0. The molecule has 5 atom stereocenters. The van der Waals surface area contributed by atoms with Crippen LogP contribution in [0.15, 0.2) is 0 Å². The summed E-state index contributed by atoms with van der Waals surface area (Å²) in [5, 5.41) is 30.8. The monoisotopic (exact) mass is 256 g/mol. The summed E-state index contributed by atoms with van der Waals surface area (Å²) in [4.78, 5) is 0. The standard InChI is InChI=1S/C15H28O3/c1-13(2,17)10-5-6-14(3)8-11(16)9-15(4,18)12(14)7-10/h10-12,16-18H,5-9H2,1-4H3/t10-,11+,12-,14+,15-/m1/s1. The van der Waals surface area contributed by atoms with E-state index in [1.165, 1.54) is 0 Å². The molecule has 0 saturated heterocycles. The fourth-order valence-electron chi connectivity index (χ4n) is 4.49. The van der Waals surface area contributed by atoms with E-state index < -0.39 is 11.2 Å². The molecule has 2 rings (SSSR count). The molecular weight excluding hydrogens is 228 g/mol. The van der Waals surface area contributed by atoms with E-state index >= 15 is 0 Å². The van der Waals surface area contributed by atoms with Crippen LogP contribution in [0.25, 0.3) is 0 Å². The van der Waals surface area contributed by atoms with Crippen molar-refractivity contribution < 1.29 is 15.3 Å². The van der Waals surface area contributed by atoms with Crippen molar-refractivity contribution in [1.29, 1.82) is 0 Å². The van der Waals surface area contributed by atoms with Crippen LogP contribution >= 0.6 is 0 Å². The topological polar surface area (TPSA) is 60.7 Å². The predicted molar refractivity (Wildman–Crippen MR) is 71.1 cm³/mol. The van der Waals surface area contributed by atoms with Crippen LogP contribution in [0, 0.1) is 17.3 Å². The smallest absolute Gasteiger partial charge is 0.0677 e. The van der Waals surface area contributed by atoms with Crippen LogP contribution in [0.3, 0.4) is 0 Å². The Hall–Kier alpha value is -0.120. The molecule has 2 aliphatic carbocycles. The van der Waals surface area contributed by atoms with Crippen LogP contribution < -0.4 is 0 Å². The zero-order valence-corrected chi connectivity index (χ0v) is 12.1. The number of rotatable bonds is 1. The molecule has 0 unspecified atom stereocenters. The zero-order valence-electron chi connectivity index (χ0n) is 12.1. The molecule has 0 aromatic heterocycles. The lowest BCUT2D eigenvalue weighted by Gasteiger charge is -2.56. The minimum Gasteiger partial charge on any atom is -0.393 e. The van der Waals surface area contributed by atoms with Crippen LogP contribution in [0.4, 0.5) is 0 Å². The molecule has 0 bridgehead atoms. The second kappa shape index (κ2) is 4.19. The van der Waals surface area contributed by atoms with Gasteiger partial charge in [-0.1, -0.05) is 6.92 Å². The maximum atomic E-state index is 10.6. The van der Waals surface area contributed by atoms with E-state index in [0.29, 0.717) is 6.42 Å². The average Bonchev–Trinajstić information content (AvgIpc) is 2.12. The first-order chi connectivity index (χ1) is 8.05. The number of aliphatic hydroxyl groups is 3. The van der Waals surface area contributed by atoms with E-state index in [4.69, 9.17) is 0 Å². The molecule has 0 aromatic rings. The highest BCUT2D eigenvalue weighted by atomic mass is 16.3. The van der Waals surface area contributed by atoms with Crippen molar-refractivity contribution in [2.45, 2.75) is 77.1 Å². The Morgan fingerprint density at radius 1 is 1.17 bits per heavy atom. The molecule has 2 saturated carbocycles. The van der Waals surface area contributed by atoms with Crippen LogP contribution in [0.5, 0.6) is 0 Å². The first kappa shape index (κ1) is 14.3. The van der Waals surface area contributed by atoms with Gasteiger partial charge in [-0.3, -0.25) is 0 Å². The highest BCUT2D eigenvalue weighted by Crippen LogP contribution is 2.56. The highest BCUT2D eigenvalue weighted by Gasteiger charge is 2.54. The first-order valence-corrected chi connectivity index (χ1v) is 7.17. The summed E-state index contributed by atoms with van der Waals surface area (Å²) in [7, 11) is 0. The summed E-state index contributed by atoms with van der Waals surface area (Å²) in [5.74, 6) is 0.427. The van der Waals surface area contributed by atoms with E-state index in [9.17, 15) is 15.3 Å². The normalized spacial score (nSPS) is 49.8. The molecule has 0 heterocycles. The highest BCUT2D eigenvalue weighted by molar-refractivity contribution is 5.05. The van der Waals surface area contributed by atoms with Crippen molar-refractivity contribution in [3.8, 4) is 0 Å². The van der Waals surface area contributed by atoms with Gasteiger partial charge in [0, 0.05) is 6.42 Å². The Morgan fingerprint density at radius 3 is 2.33 bits per heavy atom. The van der Waals surface area contributed by atoms with Crippen LogP contribution in [-0.2, 0) is 0 Å². The number of hydrogen-bond donors (Lipinski definition) is 3. The SMILES string of the molecule is CC(C)(O)[C@@H]1CC[C@@]2(C)C[C@H](O)C[C@@](C)(O)[C@@H]2C1. The van der Waals surface area contributed by atoms with E-state index in [-0.39, 0.29) is 23.4 Å². The molecule has 18 heavy (non-hydrogen) atoms. The summed E-state index contributed by atoms with van der Waals surface area (Å²) in [6.45, 7) is 7.78. The lowest BCUT2D eigenvalue weighted by Crippen LogP contribution is -2.56. The van der Waals surface area contributed by atoms with Crippen molar-refractivity contribution in [2.75, 3.05) is 0 Å². The van der Waals surface area contributed by atoms with Crippen molar-refractivity contribution >= 4 is 0 Å². The van der Waals surface area contributed by atoms with Crippen LogP contribution in [0.2, 0.25) is 0 Å². The summed E-state index contributed by atoms with van der Waals surface area (Å²) in [6, 6.07) is 0. The van der Waals surface area contributed by atoms with E-state index in [0.717, 1.165) is 25.7 Å². The number of hydrogen-bond acceptors (Lipinski definition) is 3. The van der Waals surface area contributed by atoms with Gasteiger partial charge in [0.25, 0.3) is 0 Å². The van der Waals surface area contributed by atoms with Crippen molar-refractivity contribution in [3.05, 3.63) is 0 Å². The van der Waals surface area contributed by atoms with Gasteiger partial charge in [0.05, 0.1) is 17.3 Å². The minimum absolute atomic E-state index is 0.0168. The van der Waals surface area contributed by atoms with Gasteiger partial charge in [-0.05, 0) is 63.7 Å². The Bertz CT molecular complexity index is 318. The lowest BCUT2D eigenvalue weighted by molar-refractivity contribution is -0.170. The zero-order chi connectivity index (χ0) is 13.8. The molecule has 0 radical (unpaired) electrons. The molecule has 0 aromatic carbocycles. The molecule has 3 heteroatoms. The molecule has 2 aliphatic rings. The van der Waals surface area contributed by atoms with E-state index in [1.54, 1.807) is 0 Å². The number of aliphatic hydroxyl groups excluding tert-OH is 1. The van der Waals surface area contributed by atoms with Crippen LogP contribution in [0.1, 0.15) is 59.8 Å².